The van der Waals surface area contributed by atoms with E-state index in [1.54, 1.807) is 0 Å². The Balaban J connectivity index is 1.86. The van der Waals surface area contributed by atoms with E-state index in [0.717, 1.165) is 17.0 Å². The van der Waals surface area contributed by atoms with E-state index in [9.17, 15) is 0 Å². The quantitative estimate of drug-likeness (QED) is 0.891. The van der Waals surface area contributed by atoms with Gasteiger partial charge in [-0.2, -0.15) is 11.8 Å². The predicted octanol–water partition coefficient (Wildman–Crippen LogP) is 3.98. The van der Waals surface area contributed by atoms with Gasteiger partial charge in [0.2, 0.25) is 0 Å². The van der Waals surface area contributed by atoms with Crippen LogP contribution < -0.4 is 5.32 Å². The fourth-order valence-electron chi connectivity index (χ4n) is 2.02. The van der Waals surface area contributed by atoms with Crippen LogP contribution in [0.1, 0.15) is 38.0 Å². The van der Waals surface area contributed by atoms with Gasteiger partial charge in [-0.25, -0.2) is 0 Å². The van der Waals surface area contributed by atoms with E-state index in [0.29, 0.717) is 4.75 Å². The van der Waals surface area contributed by atoms with Crippen molar-refractivity contribution in [2.24, 2.45) is 0 Å². The van der Waals surface area contributed by atoms with Crippen LogP contribution >= 0.6 is 27.7 Å². The number of thioether (sulfide) groups is 1. The van der Waals surface area contributed by atoms with Gasteiger partial charge in [-0.15, -0.1) is 0 Å². The lowest BCUT2D eigenvalue weighted by atomic mass is 9.84. The Labute approximate surface area is 110 Å². The van der Waals surface area contributed by atoms with Gasteiger partial charge in [0.05, 0.1) is 6.04 Å². The summed E-state index contributed by atoms with van der Waals surface area (Å²) in [5.41, 5.74) is 0. The summed E-state index contributed by atoms with van der Waals surface area (Å²) in [6, 6.07) is 4.26. The highest BCUT2D eigenvalue weighted by molar-refractivity contribution is 9.10. The first kappa shape index (κ1) is 12.5. The second-order valence-corrected chi connectivity index (χ2v) is 6.54. The second kappa shape index (κ2) is 5.15. The van der Waals surface area contributed by atoms with Crippen molar-refractivity contribution in [2.75, 3.05) is 12.8 Å². The number of halogens is 1. The molecule has 1 aromatic heterocycles. The summed E-state index contributed by atoms with van der Waals surface area (Å²) in [6.45, 7) is 3.23. The molecule has 1 unspecified atom stereocenters. The molecular formula is C12H18BrNOS. The molecule has 16 heavy (non-hydrogen) atoms. The van der Waals surface area contributed by atoms with E-state index < -0.39 is 0 Å². The van der Waals surface area contributed by atoms with Crippen LogP contribution in [0.15, 0.2) is 21.2 Å². The maximum Gasteiger partial charge on any atom is 0.169 e. The third-order valence-electron chi connectivity index (χ3n) is 3.45. The van der Waals surface area contributed by atoms with Crippen molar-refractivity contribution >= 4 is 27.7 Å². The van der Waals surface area contributed by atoms with Gasteiger partial charge in [0.15, 0.2) is 4.67 Å². The Morgan fingerprint density at radius 2 is 2.31 bits per heavy atom. The van der Waals surface area contributed by atoms with Crippen molar-refractivity contribution in [3.63, 3.8) is 0 Å². The monoisotopic (exact) mass is 303 g/mol. The summed E-state index contributed by atoms with van der Waals surface area (Å²) in [7, 11) is 0. The largest absolute Gasteiger partial charge is 0.453 e. The van der Waals surface area contributed by atoms with Gasteiger partial charge >= 0.3 is 0 Å². The van der Waals surface area contributed by atoms with E-state index in [4.69, 9.17) is 4.42 Å². The number of rotatable bonds is 5. The molecule has 0 aliphatic heterocycles. The predicted molar refractivity (Wildman–Crippen MR) is 72.9 cm³/mol. The first-order chi connectivity index (χ1) is 7.65. The van der Waals surface area contributed by atoms with Crippen LogP contribution in [0, 0.1) is 0 Å². The number of hydrogen-bond donors (Lipinski definition) is 1. The minimum absolute atomic E-state index is 0.288. The molecule has 0 aromatic carbocycles. The van der Waals surface area contributed by atoms with Gasteiger partial charge in [0.25, 0.3) is 0 Å². The van der Waals surface area contributed by atoms with Crippen LogP contribution in [0.5, 0.6) is 0 Å². The molecule has 1 aliphatic rings. The van der Waals surface area contributed by atoms with Gasteiger partial charge < -0.3 is 9.73 Å². The van der Waals surface area contributed by atoms with Crippen molar-refractivity contribution in [2.45, 2.75) is 37.0 Å². The maximum absolute atomic E-state index is 5.54. The molecule has 1 heterocycles. The molecule has 0 spiro atoms. The number of furan rings is 1. The molecule has 0 amide bonds. The topological polar surface area (TPSA) is 25.2 Å². The van der Waals surface area contributed by atoms with Gasteiger partial charge in [-0.3, -0.25) is 0 Å². The zero-order valence-corrected chi connectivity index (χ0v) is 12.2. The van der Waals surface area contributed by atoms with Crippen molar-refractivity contribution < 1.29 is 4.42 Å². The highest BCUT2D eigenvalue weighted by Gasteiger charge is 2.36. The highest BCUT2D eigenvalue weighted by Crippen LogP contribution is 2.42. The molecule has 0 bridgehead atoms. The van der Waals surface area contributed by atoms with Crippen LogP contribution in [0.2, 0.25) is 0 Å². The van der Waals surface area contributed by atoms with Crippen LogP contribution in [-0.2, 0) is 0 Å². The first-order valence-corrected chi connectivity index (χ1v) is 7.71. The Bertz CT molecular complexity index is 343. The SMILES string of the molecule is CSC1(CNC(C)c2ccc(Br)o2)CCC1. The molecule has 1 N–H and O–H groups in total. The summed E-state index contributed by atoms with van der Waals surface area (Å²) in [5.74, 6) is 1.00. The van der Waals surface area contributed by atoms with Crippen LogP contribution in [0.25, 0.3) is 0 Å². The number of nitrogens with one attached hydrogen (secondary N) is 1. The average Bonchev–Trinajstić information content (AvgIpc) is 2.64. The smallest absolute Gasteiger partial charge is 0.169 e. The molecule has 0 saturated heterocycles. The lowest BCUT2D eigenvalue weighted by Gasteiger charge is -2.41. The third-order valence-corrected chi connectivity index (χ3v) is 5.29. The Kier molecular flexibility index (Phi) is 4.03. The molecule has 0 radical (unpaired) electrons. The Morgan fingerprint density at radius 3 is 2.75 bits per heavy atom. The highest BCUT2D eigenvalue weighted by atomic mass is 79.9. The summed E-state index contributed by atoms with van der Waals surface area (Å²) < 4.78 is 6.83. The molecule has 1 saturated carbocycles. The molecule has 1 fully saturated rings. The summed E-state index contributed by atoms with van der Waals surface area (Å²) >= 11 is 5.33. The molecule has 90 valence electrons. The fourth-order valence-corrected chi connectivity index (χ4v) is 3.27. The van der Waals surface area contributed by atoms with Crippen LogP contribution in [0.3, 0.4) is 0 Å². The second-order valence-electron chi connectivity index (χ2n) is 4.49. The zero-order valence-electron chi connectivity index (χ0n) is 9.75. The number of hydrogen-bond acceptors (Lipinski definition) is 3. The van der Waals surface area contributed by atoms with Gasteiger partial charge in [-0.1, -0.05) is 6.42 Å². The van der Waals surface area contributed by atoms with Crippen LogP contribution in [0.4, 0.5) is 0 Å². The lowest BCUT2D eigenvalue weighted by molar-refractivity contribution is 0.321. The van der Waals surface area contributed by atoms with E-state index in [-0.39, 0.29) is 6.04 Å². The normalized spacial score (nSPS) is 20.4. The van der Waals surface area contributed by atoms with E-state index >= 15 is 0 Å². The molecule has 2 rings (SSSR count). The fraction of sp³-hybridized carbons (Fsp3) is 0.667. The van der Waals surface area contributed by atoms with Crippen LogP contribution in [-0.4, -0.2) is 17.5 Å². The molecule has 2 nitrogen and oxygen atoms in total. The molecule has 1 aliphatic carbocycles. The van der Waals surface area contributed by atoms with Gasteiger partial charge in [-0.05, 0) is 54.1 Å². The van der Waals surface area contributed by atoms with E-state index in [1.165, 1.54) is 19.3 Å². The molecule has 1 atom stereocenters. The van der Waals surface area contributed by atoms with Gasteiger partial charge in [0.1, 0.15) is 5.76 Å². The minimum Gasteiger partial charge on any atom is -0.453 e. The van der Waals surface area contributed by atoms with Crippen molar-refractivity contribution in [3.8, 4) is 0 Å². The molecule has 1 aromatic rings. The summed E-state index contributed by atoms with van der Waals surface area (Å²) in [6.07, 6.45) is 6.28. The maximum atomic E-state index is 5.54. The first-order valence-electron chi connectivity index (χ1n) is 5.69. The standard InChI is InChI=1S/C12H18BrNOS/c1-9(10-4-5-11(13)15-10)14-8-12(16-2)6-3-7-12/h4-5,9,14H,3,6-8H2,1-2H3. The lowest BCUT2D eigenvalue weighted by Crippen LogP contribution is -2.43. The minimum atomic E-state index is 0.288. The molecular weight excluding hydrogens is 286 g/mol. The molecule has 4 heteroatoms. The Hall–Kier alpha value is 0.0700. The summed E-state index contributed by atoms with van der Waals surface area (Å²) in [5, 5.41) is 3.57. The van der Waals surface area contributed by atoms with Gasteiger partial charge in [0, 0.05) is 11.3 Å². The Morgan fingerprint density at radius 1 is 1.56 bits per heavy atom. The zero-order chi connectivity index (χ0) is 11.6. The average molecular weight is 304 g/mol. The van der Waals surface area contributed by atoms with Crippen molar-refractivity contribution in [1.82, 2.24) is 5.32 Å². The van der Waals surface area contributed by atoms with Crippen molar-refractivity contribution in [1.29, 1.82) is 0 Å². The third kappa shape index (κ3) is 2.66. The van der Waals surface area contributed by atoms with E-state index in [2.05, 4.69) is 34.4 Å². The van der Waals surface area contributed by atoms with Crippen molar-refractivity contribution in [3.05, 3.63) is 22.6 Å². The summed E-state index contributed by atoms with van der Waals surface area (Å²) in [4.78, 5) is 0. The van der Waals surface area contributed by atoms with E-state index in [1.807, 2.05) is 23.9 Å².